The van der Waals surface area contributed by atoms with E-state index < -0.39 is 35.6 Å². The Morgan fingerprint density at radius 2 is 1.67 bits per heavy atom. The van der Waals surface area contributed by atoms with Gasteiger partial charge < -0.3 is 14.5 Å². The minimum Gasteiger partial charge on any atom is -0.435 e. The van der Waals surface area contributed by atoms with E-state index in [1.54, 1.807) is 24.3 Å². The van der Waals surface area contributed by atoms with Gasteiger partial charge in [0.15, 0.2) is 11.5 Å². The van der Waals surface area contributed by atoms with Crippen LogP contribution in [-0.4, -0.2) is 63.1 Å². The lowest BCUT2D eigenvalue weighted by Gasteiger charge is -2.44. The number of benzene rings is 2. The molecular weight excluding hydrogens is 604 g/mol. The van der Waals surface area contributed by atoms with E-state index in [-0.39, 0.29) is 41.7 Å². The first-order chi connectivity index (χ1) is 21.5. The summed E-state index contributed by atoms with van der Waals surface area (Å²) in [6.07, 6.45) is -1.07. The zero-order valence-electron chi connectivity index (χ0n) is 23.5. The van der Waals surface area contributed by atoms with Crippen molar-refractivity contribution < 1.29 is 40.7 Å². The number of hydrogen-bond acceptors (Lipinski definition) is 6. The minimum absolute atomic E-state index is 0.00547. The van der Waals surface area contributed by atoms with E-state index in [0.717, 1.165) is 10.7 Å². The lowest BCUT2D eigenvalue weighted by molar-refractivity contribution is -0.140. The summed E-state index contributed by atoms with van der Waals surface area (Å²) in [5.41, 5.74) is -1.09. The van der Waals surface area contributed by atoms with Gasteiger partial charge in [-0.05, 0) is 73.5 Å². The van der Waals surface area contributed by atoms with Crippen LogP contribution in [0.2, 0.25) is 0 Å². The van der Waals surface area contributed by atoms with E-state index in [9.17, 15) is 35.9 Å². The standard InChI is InChI=1S/C31H25F6N5O3/c32-24-8-5-21(16-23(24)31(35,36)37)42-26(19-2-1-12-38-18-19)17-25(39-42)28(44)40-14-10-30(11-15-40)27(43)9-13-41(30)20-3-6-22(7-4-20)45-29(33)34/h1-8,12,16-18,29H,9-11,13-15H2. The number of carbonyl (C=O) groups is 2. The van der Waals surface area contributed by atoms with Crippen molar-refractivity contribution in [3.8, 4) is 22.7 Å². The van der Waals surface area contributed by atoms with E-state index >= 15 is 0 Å². The molecule has 2 saturated heterocycles. The molecule has 8 nitrogen and oxygen atoms in total. The summed E-state index contributed by atoms with van der Waals surface area (Å²) in [6, 6.07) is 13.2. The number of carbonyl (C=O) groups excluding carboxylic acids is 2. The fourth-order valence-corrected chi connectivity index (χ4v) is 6.05. The molecule has 1 spiro atoms. The maximum Gasteiger partial charge on any atom is 0.419 e. The van der Waals surface area contributed by atoms with E-state index in [1.165, 1.54) is 35.5 Å². The number of pyridine rings is 1. The molecule has 4 aromatic rings. The Hall–Kier alpha value is -4.88. The topological polar surface area (TPSA) is 80.6 Å². The fraction of sp³-hybridized carbons (Fsp3) is 0.290. The molecule has 4 heterocycles. The summed E-state index contributed by atoms with van der Waals surface area (Å²) in [4.78, 5) is 34.4. The van der Waals surface area contributed by atoms with Crippen molar-refractivity contribution in [2.75, 3.05) is 24.5 Å². The van der Waals surface area contributed by atoms with E-state index in [1.807, 2.05) is 4.90 Å². The third-order valence-electron chi connectivity index (χ3n) is 8.24. The molecule has 6 rings (SSSR count). The number of hydrogen-bond donors (Lipinski definition) is 0. The van der Waals surface area contributed by atoms with Crippen LogP contribution in [0.3, 0.4) is 0 Å². The summed E-state index contributed by atoms with van der Waals surface area (Å²) in [6.45, 7) is -2.15. The molecule has 1 amide bonds. The molecule has 0 N–H and O–H groups in total. The third kappa shape index (κ3) is 5.71. The minimum atomic E-state index is -4.95. The molecule has 0 radical (unpaired) electrons. The van der Waals surface area contributed by atoms with Gasteiger partial charge in [0.1, 0.15) is 17.1 Å². The zero-order chi connectivity index (χ0) is 31.9. The van der Waals surface area contributed by atoms with Crippen LogP contribution in [0.15, 0.2) is 73.1 Å². The Balaban J connectivity index is 1.26. The fourth-order valence-electron chi connectivity index (χ4n) is 6.05. The van der Waals surface area contributed by atoms with Crippen molar-refractivity contribution in [3.05, 3.63) is 90.1 Å². The first kappa shape index (κ1) is 30.2. The van der Waals surface area contributed by atoms with Crippen LogP contribution in [0, 0.1) is 5.82 Å². The van der Waals surface area contributed by atoms with Gasteiger partial charge in [0.2, 0.25) is 0 Å². The second-order valence-corrected chi connectivity index (χ2v) is 10.8. The lowest BCUT2D eigenvalue weighted by Crippen LogP contribution is -2.56. The van der Waals surface area contributed by atoms with Gasteiger partial charge in [-0.25, -0.2) is 9.07 Å². The second-order valence-electron chi connectivity index (χ2n) is 10.8. The van der Waals surface area contributed by atoms with E-state index in [4.69, 9.17) is 0 Å². The number of ketones is 1. The van der Waals surface area contributed by atoms with Crippen LogP contribution in [0.1, 0.15) is 35.3 Å². The molecule has 0 aliphatic carbocycles. The Labute approximate surface area is 252 Å². The number of alkyl halides is 5. The quantitative estimate of drug-likeness (QED) is 0.238. The monoisotopic (exact) mass is 629 g/mol. The highest BCUT2D eigenvalue weighted by Crippen LogP contribution is 2.40. The van der Waals surface area contributed by atoms with Gasteiger partial charge in [-0.15, -0.1) is 0 Å². The molecule has 14 heteroatoms. The Morgan fingerprint density at radius 1 is 0.956 bits per heavy atom. The zero-order valence-corrected chi connectivity index (χ0v) is 23.5. The largest absolute Gasteiger partial charge is 0.435 e. The van der Waals surface area contributed by atoms with Gasteiger partial charge in [0, 0.05) is 49.7 Å². The maximum absolute atomic E-state index is 14.1. The van der Waals surface area contributed by atoms with Crippen LogP contribution in [0.25, 0.3) is 16.9 Å². The highest BCUT2D eigenvalue weighted by atomic mass is 19.4. The Bertz CT molecular complexity index is 1720. The summed E-state index contributed by atoms with van der Waals surface area (Å²) in [5, 5.41) is 4.35. The predicted molar refractivity (Wildman–Crippen MR) is 150 cm³/mol. The average Bonchev–Trinajstić information content (AvgIpc) is 3.59. The highest BCUT2D eigenvalue weighted by Gasteiger charge is 2.50. The van der Waals surface area contributed by atoms with Gasteiger partial charge in [0.25, 0.3) is 5.91 Å². The van der Waals surface area contributed by atoms with Crippen LogP contribution >= 0.6 is 0 Å². The maximum atomic E-state index is 14.1. The number of ether oxygens (including phenoxy) is 1. The third-order valence-corrected chi connectivity index (χ3v) is 8.24. The number of likely N-dealkylation sites (tertiary alicyclic amines) is 1. The molecule has 0 saturated carbocycles. The number of Topliss-reactive ketones (excluding diaryl/α,β-unsaturated/α-hetero) is 1. The van der Waals surface area contributed by atoms with Crippen molar-refractivity contribution >= 4 is 17.4 Å². The van der Waals surface area contributed by atoms with Crippen LogP contribution < -0.4 is 9.64 Å². The van der Waals surface area contributed by atoms with Crippen molar-refractivity contribution in [1.82, 2.24) is 19.7 Å². The van der Waals surface area contributed by atoms with Crippen LogP contribution in [-0.2, 0) is 11.0 Å². The molecule has 2 aromatic heterocycles. The molecule has 2 fully saturated rings. The molecule has 2 aliphatic heterocycles. The average molecular weight is 630 g/mol. The van der Waals surface area contributed by atoms with Gasteiger partial charge in [-0.2, -0.15) is 27.1 Å². The van der Waals surface area contributed by atoms with Gasteiger partial charge in [-0.1, -0.05) is 0 Å². The van der Waals surface area contributed by atoms with Crippen molar-refractivity contribution in [3.63, 3.8) is 0 Å². The van der Waals surface area contributed by atoms with E-state index in [0.29, 0.717) is 49.2 Å². The summed E-state index contributed by atoms with van der Waals surface area (Å²) in [7, 11) is 0. The van der Waals surface area contributed by atoms with Crippen molar-refractivity contribution in [1.29, 1.82) is 0 Å². The number of amides is 1. The van der Waals surface area contributed by atoms with Crippen LogP contribution in [0.4, 0.5) is 32.0 Å². The lowest BCUT2D eigenvalue weighted by atomic mass is 9.83. The van der Waals surface area contributed by atoms with Gasteiger partial charge in [-0.3, -0.25) is 14.6 Å². The number of piperidine rings is 1. The SMILES string of the molecule is O=C(c1cc(-c2cccnc2)n(-c2ccc(F)c(C(F)(F)F)c2)n1)N1CCC2(CC1)C(=O)CCN2c1ccc(OC(F)F)cc1. The highest BCUT2D eigenvalue weighted by molar-refractivity contribution is 5.97. The number of nitrogens with zero attached hydrogens (tertiary/aromatic N) is 5. The number of rotatable bonds is 6. The molecule has 45 heavy (non-hydrogen) atoms. The van der Waals surface area contributed by atoms with Gasteiger partial charge >= 0.3 is 12.8 Å². The normalized spacial score (nSPS) is 16.6. The number of halogens is 6. The first-order valence-corrected chi connectivity index (χ1v) is 14.0. The summed E-state index contributed by atoms with van der Waals surface area (Å²) < 4.78 is 85.3. The Morgan fingerprint density at radius 3 is 2.31 bits per heavy atom. The van der Waals surface area contributed by atoms with Gasteiger partial charge in [0.05, 0.1) is 16.9 Å². The summed E-state index contributed by atoms with van der Waals surface area (Å²) >= 11 is 0. The molecule has 2 aromatic carbocycles. The molecule has 0 unspecified atom stereocenters. The molecule has 234 valence electrons. The summed E-state index contributed by atoms with van der Waals surface area (Å²) in [5.74, 6) is -1.92. The predicted octanol–water partition coefficient (Wildman–Crippen LogP) is 6.15. The van der Waals surface area contributed by atoms with E-state index in [2.05, 4.69) is 14.8 Å². The molecule has 0 bridgehead atoms. The van der Waals surface area contributed by atoms with Crippen molar-refractivity contribution in [2.24, 2.45) is 0 Å². The number of anilines is 1. The van der Waals surface area contributed by atoms with Crippen LogP contribution in [0.5, 0.6) is 5.75 Å². The molecule has 0 atom stereocenters. The smallest absolute Gasteiger partial charge is 0.419 e. The second kappa shape index (κ2) is 11.6. The van der Waals surface area contributed by atoms with Crippen molar-refractivity contribution in [2.45, 2.75) is 37.6 Å². The number of aromatic nitrogens is 3. The Kier molecular flexibility index (Phi) is 7.75. The molecule has 2 aliphatic rings. The molecular formula is C31H25F6N5O3. The first-order valence-electron chi connectivity index (χ1n) is 14.0.